The van der Waals surface area contributed by atoms with Gasteiger partial charge in [-0.2, -0.15) is 5.10 Å². The van der Waals surface area contributed by atoms with Gasteiger partial charge in [0.25, 0.3) is 0 Å². The van der Waals surface area contributed by atoms with Crippen LogP contribution in [0.2, 0.25) is 0 Å². The van der Waals surface area contributed by atoms with Gasteiger partial charge in [-0.1, -0.05) is 0 Å². The van der Waals surface area contributed by atoms with E-state index in [0.29, 0.717) is 33.7 Å². The maximum Gasteiger partial charge on any atom is 0.157 e. The number of H-pyrrole nitrogens is 2. The van der Waals surface area contributed by atoms with Crippen LogP contribution < -0.4 is 5.32 Å². The predicted octanol–water partition coefficient (Wildman–Crippen LogP) is 6.33. The number of fused-ring (bicyclic) bond motifs is 2. The number of aromatic nitrogens is 6. The standard InChI is InChI=1S/C27H21F2N7/c1-14(2)32-19-9-17(12-30-13-19)16-10-20-24(21(29)11-16)35-36-25(20)27-33-22-7-8-31-23(26(22)34-27)15-3-5-18(28)6-4-15/h3-14,32H,1-2H3,(H,33,34)(H,35,36). The Hall–Kier alpha value is -4.66. The van der Waals surface area contributed by atoms with Crippen molar-refractivity contribution in [1.29, 1.82) is 0 Å². The molecule has 0 aliphatic heterocycles. The molecule has 0 fully saturated rings. The molecule has 3 N–H and O–H groups in total. The van der Waals surface area contributed by atoms with Gasteiger partial charge in [-0.25, -0.2) is 13.8 Å². The first kappa shape index (κ1) is 21.8. The number of hydrogen-bond donors (Lipinski definition) is 3. The minimum atomic E-state index is -0.447. The van der Waals surface area contributed by atoms with Crippen molar-refractivity contribution >= 4 is 27.6 Å². The van der Waals surface area contributed by atoms with Crippen LogP contribution in [0.1, 0.15) is 13.8 Å². The van der Waals surface area contributed by atoms with Gasteiger partial charge in [-0.05, 0) is 67.9 Å². The number of anilines is 1. The Bertz CT molecular complexity index is 1720. The van der Waals surface area contributed by atoms with E-state index in [2.05, 4.69) is 30.5 Å². The van der Waals surface area contributed by atoms with Crippen molar-refractivity contribution in [3.05, 3.63) is 78.8 Å². The Kier molecular flexibility index (Phi) is 5.18. The van der Waals surface area contributed by atoms with Gasteiger partial charge in [0, 0.05) is 41.1 Å². The molecule has 0 amide bonds. The largest absolute Gasteiger partial charge is 0.382 e. The van der Waals surface area contributed by atoms with Gasteiger partial charge in [-0.3, -0.25) is 15.1 Å². The average Bonchev–Trinajstić information content (AvgIpc) is 3.48. The second-order valence-electron chi connectivity index (χ2n) is 8.86. The van der Waals surface area contributed by atoms with Crippen LogP contribution in [0.5, 0.6) is 0 Å². The van der Waals surface area contributed by atoms with Crippen LogP contribution in [-0.4, -0.2) is 36.2 Å². The molecular formula is C27H21F2N7. The molecule has 0 aliphatic carbocycles. The lowest BCUT2D eigenvalue weighted by atomic mass is 10.0. The fraction of sp³-hybridized carbons (Fsp3) is 0.111. The van der Waals surface area contributed by atoms with Crippen LogP contribution in [0, 0.1) is 11.6 Å². The summed E-state index contributed by atoms with van der Waals surface area (Å²) in [6.45, 7) is 4.08. The molecule has 0 radical (unpaired) electrons. The van der Waals surface area contributed by atoms with E-state index in [1.807, 2.05) is 32.0 Å². The lowest BCUT2D eigenvalue weighted by molar-refractivity contribution is 0.628. The summed E-state index contributed by atoms with van der Waals surface area (Å²) >= 11 is 0. The van der Waals surface area contributed by atoms with Gasteiger partial charge < -0.3 is 10.3 Å². The van der Waals surface area contributed by atoms with Gasteiger partial charge >= 0.3 is 0 Å². The molecule has 0 saturated heterocycles. The molecule has 0 bridgehead atoms. The number of pyridine rings is 2. The molecule has 6 aromatic rings. The van der Waals surface area contributed by atoms with Gasteiger partial charge in [-0.15, -0.1) is 0 Å². The lowest BCUT2D eigenvalue weighted by Crippen LogP contribution is -2.09. The maximum atomic E-state index is 15.1. The van der Waals surface area contributed by atoms with Gasteiger partial charge in [0.1, 0.15) is 22.5 Å². The van der Waals surface area contributed by atoms with Crippen molar-refractivity contribution in [3.8, 4) is 33.9 Å². The fourth-order valence-electron chi connectivity index (χ4n) is 4.31. The number of nitrogens with zero attached hydrogens (tertiary/aromatic N) is 4. The summed E-state index contributed by atoms with van der Waals surface area (Å²) in [5, 5.41) is 11.0. The van der Waals surface area contributed by atoms with E-state index in [-0.39, 0.29) is 17.4 Å². The Balaban J connectivity index is 1.47. The third-order valence-electron chi connectivity index (χ3n) is 5.89. The Morgan fingerprint density at radius 1 is 0.889 bits per heavy atom. The van der Waals surface area contributed by atoms with E-state index in [1.54, 1.807) is 30.7 Å². The highest BCUT2D eigenvalue weighted by atomic mass is 19.1. The van der Waals surface area contributed by atoms with Crippen LogP contribution in [0.4, 0.5) is 14.5 Å². The van der Waals surface area contributed by atoms with Crippen molar-refractivity contribution in [1.82, 2.24) is 30.1 Å². The monoisotopic (exact) mass is 481 g/mol. The average molecular weight is 482 g/mol. The maximum absolute atomic E-state index is 15.1. The first-order valence-electron chi connectivity index (χ1n) is 11.5. The minimum absolute atomic E-state index is 0.218. The lowest BCUT2D eigenvalue weighted by Gasteiger charge is -2.11. The van der Waals surface area contributed by atoms with E-state index < -0.39 is 5.82 Å². The van der Waals surface area contributed by atoms with Crippen LogP contribution in [-0.2, 0) is 0 Å². The summed E-state index contributed by atoms with van der Waals surface area (Å²) in [6, 6.07) is 13.4. The van der Waals surface area contributed by atoms with Gasteiger partial charge in [0.15, 0.2) is 11.6 Å². The number of nitrogens with one attached hydrogen (secondary N) is 3. The van der Waals surface area contributed by atoms with Gasteiger partial charge in [0.05, 0.1) is 16.9 Å². The Labute approximate surface area is 204 Å². The van der Waals surface area contributed by atoms with E-state index in [0.717, 1.165) is 22.3 Å². The predicted molar refractivity (Wildman–Crippen MR) is 136 cm³/mol. The molecule has 0 unspecified atom stereocenters. The van der Waals surface area contributed by atoms with E-state index in [1.165, 1.54) is 18.2 Å². The van der Waals surface area contributed by atoms with Crippen LogP contribution in [0.3, 0.4) is 0 Å². The summed E-state index contributed by atoms with van der Waals surface area (Å²) in [4.78, 5) is 16.8. The molecule has 0 saturated carbocycles. The zero-order valence-electron chi connectivity index (χ0n) is 19.5. The van der Waals surface area contributed by atoms with Crippen molar-refractivity contribution in [2.45, 2.75) is 19.9 Å². The summed E-state index contributed by atoms with van der Waals surface area (Å²) in [5.41, 5.74) is 5.80. The first-order chi connectivity index (χ1) is 17.5. The summed E-state index contributed by atoms with van der Waals surface area (Å²) in [5.74, 6) is -0.276. The van der Waals surface area contributed by atoms with Crippen LogP contribution in [0.25, 0.3) is 55.8 Å². The SMILES string of the molecule is CC(C)Nc1cncc(-c2cc(F)c3n[nH]c(-c4nc5c(-c6ccc(F)cc6)nccc5[nH]4)c3c2)c1. The van der Waals surface area contributed by atoms with E-state index in [9.17, 15) is 4.39 Å². The number of rotatable bonds is 5. The number of halogens is 2. The molecule has 4 heterocycles. The molecule has 7 nitrogen and oxygen atoms in total. The van der Waals surface area contributed by atoms with Crippen molar-refractivity contribution < 1.29 is 8.78 Å². The van der Waals surface area contributed by atoms with Gasteiger partial charge in [0.2, 0.25) is 0 Å². The third kappa shape index (κ3) is 3.84. The molecule has 6 rings (SSSR count). The number of benzene rings is 2. The number of hydrogen-bond acceptors (Lipinski definition) is 5. The minimum Gasteiger partial charge on any atom is -0.382 e. The van der Waals surface area contributed by atoms with Crippen molar-refractivity contribution in [2.24, 2.45) is 0 Å². The highest BCUT2D eigenvalue weighted by Gasteiger charge is 2.18. The second kappa shape index (κ2) is 8.53. The second-order valence-corrected chi connectivity index (χ2v) is 8.86. The smallest absolute Gasteiger partial charge is 0.157 e. The molecular weight excluding hydrogens is 460 g/mol. The summed E-state index contributed by atoms with van der Waals surface area (Å²) in [7, 11) is 0. The number of imidazole rings is 1. The summed E-state index contributed by atoms with van der Waals surface area (Å²) in [6.07, 6.45) is 5.10. The molecule has 4 aromatic heterocycles. The molecule has 36 heavy (non-hydrogen) atoms. The molecule has 178 valence electrons. The topological polar surface area (TPSA) is 95.2 Å². The molecule has 2 aromatic carbocycles. The zero-order valence-corrected chi connectivity index (χ0v) is 19.5. The van der Waals surface area contributed by atoms with Crippen molar-refractivity contribution in [2.75, 3.05) is 5.32 Å². The van der Waals surface area contributed by atoms with E-state index in [4.69, 9.17) is 4.98 Å². The highest BCUT2D eigenvalue weighted by molar-refractivity contribution is 5.97. The molecule has 9 heteroatoms. The molecule has 0 spiro atoms. The molecule has 0 aliphatic rings. The van der Waals surface area contributed by atoms with E-state index >= 15 is 4.39 Å². The van der Waals surface area contributed by atoms with Crippen LogP contribution >= 0.6 is 0 Å². The number of aromatic amines is 2. The Morgan fingerprint density at radius 2 is 1.72 bits per heavy atom. The zero-order chi connectivity index (χ0) is 24.8. The third-order valence-corrected chi connectivity index (χ3v) is 5.89. The molecule has 0 atom stereocenters. The van der Waals surface area contributed by atoms with Crippen molar-refractivity contribution in [3.63, 3.8) is 0 Å². The summed E-state index contributed by atoms with van der Waals surface area (Å²) < 4.78 is 28.5. The normalized spacial score (nSPS) is 11.6. The van der Waals surface area contributed by atoms with Crippen LogP contribution in [0.15, 0.2) is 67.1 Å². The fourth-order valence-corrected chi connectivity index (χ4v) is 4.31. The first-order valence-corrected chi connectivity index (χ1v) is 11.5. The highest BCUT2D eigenvalue weighted by Crippen LogP contribution is 2.34. The Morgan fingerprint density at radius 3 is 2.53 bits per heavy atom. The quantitative estimate of drug-likeness (QED) is 0.268.